The van der Waals surface area contributed by atoms with Gasteiger partial charge in [-0.05, 0) is 6.42 Å². The zero-order valence-corrected chi connectivity index (χ0v) is 7.72. The average molecular weight is 204 g/mol. The van der Waals surface area contributed by atoms with E-state index in [0.717, 1.165) is 0 Å². The molecule has 1 radical (unpaired) electrons. The van der Waals surface area contributed by atoms with Crippen LogP contribution in [0, 0.1) is 6.42 Å². The lowest BCUT2D eigenvalue weighted by atomic mass is 10.3. The molecule has 0 aliphatic heterocycles. The van der Waals surface area contributed by atoms with E-state index in [4.69, 9.17) is 15.3 Å². The third-order valence-electron chi connectivity index (χ3n) is 1.48. The van der Waals surface area contributed by atoms with Gasteiger partial charge in [0.1, 0.15) is 0 Å². The summed E-state index contributed by atoms with van der Waals surface area (Å²) in [5.41, 5.74) is 0. The fraction of sp³-hybridized carbons (Fsp3) is 0.625. The van der Waals surface area contributed by atoms with Crippen molar-refractivity contribution in [2.24, 2.45) is 0 Å². The summed E-state index contributed by atoms with van der Waals surface area (Å²) in [7, 11) is 0. The fourth-order valence-electron chi connectivity index (χ4n) is 0.938. The van der Waals surface area contributed by atoms with Crippen molar-refractivity contribution in [1.82, 2.24) is 4.90 Å². The van der Waals surface area contributed by atoms with Gasteiger partial charge in [0.2, 0.25) is 0 Å². The Balaban J connectivity index is 3.72. The molecule has 0 bridgehead atoms. The van der Waals surface area contributed by atoms with Crippen molar-refractivity contribution < 1.29 is 24.9 Å². The number of aliphatic hydroxyl groups is 1. The van der Waals surface area contributed by atoms with Crippen LogP contribution in [0.5, 0.6) is 0 Å². The first-order valence-electron chi connectivity index (χ1n) is 4.14. The highest BCUT2D eigenvalue weighted by Gasteiger charge is 2.09. The SMILES string of the molecule is O=C(O)C[CH]CN(CCO)CC(=O)O. The predicted molar refractivity (Wildman–Crippen MR) is 47.7 cm³/mol. The lowest BCUT2D eigenvalue weighted by Crippen LogP contribution is -2.33. The van der Waals surface area contributed by atoms with Gasteiger partial charge in [0.25, 0.3) is 0 Å². The highest BCUT2D eigenvalue weighted by Crippen LogP contribution is 1.94. The second kappa shape index (κ2) is 7.28. The van der Waals surface area contributed by atoms with Crippen LogP contribution in [0.2, 0.25) is 0 Å². The maximum Gasteiger partial charge on any atom is 0.317 e. The molecule has 0 saturated carbocycles. The van der Waals surface area contributed by atoms with Crippen molar-refractivity contribution in [2.45, 2.75) is 6.42 Å². The average Bonchev–Trinajstić information content (AvgIpc) is 2.02. The molecule has 0 unspecified atom stereocenters. The minimum absolute atomic E-state index is 0.110. The van der Waals surface area contributed by atoms with Crippen LogP contribution < -0.4 is 0 Å². The van der Waals surface area contributed by atoms with Gasteiger partial charge in [-0.3, -0.25) is 14.5 Å². The number of aliphatic hydroxyl groups excluding tert-OH is 1. The van der Waals surface area contributed by atoms with E-state index in [1.54, 1.807) is 0 Å². The van der Waals surface area contributed by atoms with Crippen molar-refractivity contribution >= 4 is 11.9 Å². The summed E-state index contributed by atoms with van der Waals surface area (Å²) in [6.45, 7) is 0.131. The highest BCUT2D eigenvalue weighted by molar-refractivity contribution is 5.69. The van der Waals surface area contributed by atoms with Crippen LogP contribution in [0.25, 0.3) is 0 Å². The minimum Gasteiger partial charge on any atom is -0.481 e. The third kappa shape index (κ3) is 7.51. The Morgan fingerprint density at radius 2 is 1.86 bits per heavy atom. The standard InChI is InChI=1S/C8H14NO5/c10-5-4-9(6-8(13)14)3-1-2-7(11)12/h1,10H,2-6H2,(H,11,12)(H,13,14). The van der Waals surface area contributed by atoms with Crippen LogP contribution in [0.1, 0.15) is 6.42 Å². The van der Waals surface area contributed by atoms with E-state index in [2.05, 4.69) is 0 Å². The van der Waals surface area contributed by atoms with Gasteiger partial charge in [-0.1, -0.05) is 0 Å². The van der Waals surface area contributed by atoms with Gasteiger partial charge in [-0.25, -0.2) is 0 Å². The number of hydrogen-bond acceptors (Lipinski definition) is 4. The smallest absolute Gasteiger partial charge is 0.317 e. The molecule has 0 aliphatic carbocycles. The van der Waals surface area contributed by atoms with E-state index in [9.17, 15) is 9.59 Å². The highest BCUT2D eigenvalue weighted by atomic mass is 16.4. The molecular weight excluding hydrogens is 190 g/mol. The first-order valence-corrected chi connectivity index (χ1v) is 4.14. The van der Waals surface area contributed by atoms with E-state index in [1.165, 1.54) is 11.3 Å². The number of carbonyl (C=O) groups is 2. The first-order chi connectivity index (χ1) is 6.56. The quantitative estimate of drug-likeness (QED) is 0.471. The van der Waals surface area contributed by atoms with E-state index < -0.39 is 11.9 Å². The fourth-order valence-corrected chi connectivity index (χ4v) is 0.938. The summed E-state index contributed by atoms with van der Waals surface area (Å²) in [6.07, 6.45) is 1.35. The largest absolute Gasteiger partial charge is 0.481 e. The normalized spacial score (nSPS) is 10.4. The van der Waals surface area contributed by atoms with E-state index >= 15 is 0 Å². The van der Waals surface area contributed by atoms with Crippen LogP contribution in [0.15, 0.2) is 0 Å². The predicted octanol–water partition coefficient (Wildman–Crippen LogP) is -0.956. The van der Waals surface area contributed by atoms with Crippen molar-refractivity contribution in [1.29, 1.82) is 0 Å². The Morgan fingerprint density at radius 1 is 1.21 bits per heavy atom. The van der Waals surface area contributed by atoms with Gasteiger partial charge in [0.05, 0.1) is 13.2 Å². The first kappa shape index (κ1) is 12.9. The Kier molecular flexibility index (Phi) is 6.69. The van der Waals surface area contributed by atoms with Crippen LogP contribution in [-0.2, 0) is 9.59 Å². The molecule has 6 nitrogen and oxygen atoms in total. The van der Waals surface area contributed by atoms with Crippen molar-refractivity contribution in [3.63, 3.8) is 0 Å². The van der Waals surface area contributed by atoms with E-state index in [0.29, 0.717) is 0 Å². The molecule has 3 N–H and O–H groups in total. The number of rotatable bonds is 8. The lowest BCUT2D eigenvalue weighted by Gasteiger charge is -2.17. The monoisotopic (exact) mass is 204 g/mol. The molecular formula is C8H14NO5. The Labute approximate surface area is 81.8 Å². The molecule has 0 aromatic heterocycles. The molecule has 81 valence electrons. The van der Waals surface area contributed by atoms with Gasteiger partial charge in [0, 0.05) is 19.5 Å². The molecule has 0 heterocycles. The molecule has 0 spiro atoms. The Hall–Kier alpha value is -1.14. The van der Waals surface area contributed by atoms with Gasteiger partial charge in [0.15, 0.2) is 0 Å². The molecule has 0 aromatic carbocycles. The topological polar surface area (TPSA) is 98.1 Å². The third-order valence-corrected chi connectivity index (χ3v) is 1.48. The van der Waals surface area contributed by atoms with Gasteiger partial charge < -0.3 is 15.3 Å². The molecule has 14 heavy (non-hydrogen) atoms. The molecule has 0 amide bonds. The molecule has 0 aliphatic rings. The van der Waals surface area contributed by atoms with Gasteiger partial charge in [-0.2, -0.15) is 0 Å². The van der Waals surface area contributed by atoms with E-state index in [1.807, 2.05) is 0 Å². The minimum atomic E-state index is -0.998. The summed E-state index contributed by atoms with van der Waals surface area (Å²) in [4.78, 5) is 21.9. The number of carboxylic acid groups (broad SMARTS) is 2. The summed E-state index contributed by atoms with van der Waals surface area (Å²) in [5.74, 6) is -1.95. The Bertz CT molecular complexity index is 194. The molecule has 0 fully saturated rings. The zero-order chi connectivity index (χ0) is 11.0. The zero-order valence-electron chi connectivity index (χ0n) is 7.72. The molecule has 0 aromatic rings. The molecule has 6 heteroatoms. The summed E-state index contributed by atoms with van der Waals surface area (Å²) >= 11 is 0. The van der Waals surface area contributed by atoms with Crippen LogP contribution >= 0.6 is 0 Å². The number of carboxylic acids is 2. The summed E-state index contributed by atoms with van der Waals surface area (Å²) in [6, 6.07) is 0. The summed E-state index contributed by atoms with van der Waals surface area (Å²) in [5, 5.41) is 25.4. The van der Waals surface area contributed by atoms with Crippen molar-refractivity contribution in [2.75, 3.05) is 26.2 Å². The Morgan fingerprint density at radius 3 is 2.29 bits per heavy atom. The second-order valence-electron chi connectivity index (χ2n) is 2.74. The maximum absolute atomic E-state index is 10.3. The number of aliphatic carboxylic acids is 2. The van der Waals surface area contributed by atoms with Crippen LogP contribution in [0.3, 0.4) is 0 Å². The molecule has 0 saturated heterocycles. The van der Waals surface area contributed by atoms with Crippen molar-refractivity contribution in [3.8, 4) is 0 Å². The summed E-state index contributed by atoms with van der Waals surface area (Å²) < 4.78 is 0. The maximum atomic E-state index is 10.3. The second-order valence-corrected chi connectivity index (χ2v) is 2.74. The lowest BCUT2D eigenvalue weighted by molar-refractivity contribution is -0.138. The van der Waals surface area contributed by atoms with Gasteiger partial charge in [-0.15, -0.1) is 0 Å². The van der Waals surface area contributed by atoms with Crippen LogP contribution in [-0.4, -0.2) is 58.4 Å². The number of hydrogen-bond donors (Lipinski definition) is 3. The number of nitrogens with zero attached hydrogens (tertiary/aromatic N) is 1. The molecule has 0 rings (SSSR count). The molecule has 0 atom stereocenters. The van der Waals surface area contributed by atoms with Crippen LogP contribution in [0.4, 0.5) is 0 Å². The van der Waals surface area contributed by atoms with Crippen molar-refractivity contribution in [3.05, 3.63) is 6.42 Å². The van der Waals surface area contributed by atoms with E-state index in [-0.39, 0.29) is 32.7 Å². The van der Waals surface area contributed by atoms with Gasteiger partial charge >= 0.3 is 11.9 Å².